The third kappa shape index (κ3) is 5.43. The van der Waals surface area contributed by atoms with Gasteiger partial charge >= 0.3 is 0 Å². The number of carbonyl (C=O) groups excluding carboxylic acids is 2. The van der Waals surface area contributed by atoms with E-state index >= 15 is 0 Å². The number of sulfonamides is 1. The third-order valence-corrected chi connectivity index (χ3v) is 6.94. The van der Waals surface area contributed by atoms with Crippen molar-refractivity contribution >= 4 is 21.8 Å². The third-order valence-electron chi connectivity index (χ3n) is 5.06. The first-order valence-electron chi connectivity index (χ1n) is 9.91. The SMILES string of the molecule is CC(NC(=O)C1CCCN(S(=O)(=O)c2ccccc2)C1)C(=O)NCc1ccccn1. The molecule has 1 saturated heterocycles. The molecule has 0 spiro atoms. The van der Waals surface area contributed by atoms with Gasteiger partial charge in [-0.1, -0.05) is 24.3 Å². The molecule has 30 heavy (non-hydrogen) atoms. The van der Waals surface area contributed by atoms with Crippen molar-refractivity contribution in [3.8, 4) is 0 Å². The van der Waals surface area contributed by atoms with Gasteiger partial charge in [-0.25, -0.2) is 8.42 Å². The number of piperidine rings is 1. The predicted molar refractivity (Wildman–Crippen MR) is 112 cm³/mol. The van der Waals surface area contributed by atoms with Crippen molar-refractivity contribution in [2.45, 2.75) is 37.2 Å². The van der Waals surface area contributed by atoms with Crippen LogP contribution in [-0.2, 0) is 26.2 Å². The van der Waals surface area contributed by atoms with Crippen LogP contribution in [-0.4, -0.2) is 48.7 Å². The highest BCUT2D eigenvalue weighted by molar-refractivity contribution is 7.89. The average Bonchev–Trinajstić information content (AvgIpc) is 2.78. The van der Waals surface area contributed by atoms with E-state index in [0.717, 1.165) is 5.69 Å². The summed E-state index contributed by atoms with van der Waals surface area (Å²) >= 11 is 0. The molecule has 8 nitrogen and oxygen atoms in total. The molecular formula is C21H26N4O4S. The van der Waals surface area contributed by atoms with Crippen LogP contribution in [0.2, 0.25) is 0 Å². The van der Waals surface area contributed by atoms with Crippen LogP contribution in [0.1, 0.15) is 25.5 Å². The van der Waals surface area contributed by atoms with Gasteiger partial charge < -0.3 is 10.6 Å². The van der Waals surface area contributed by atoms with Crippen molar-refractivity contribution in [2.24, 2.45) is 5.92 Å². The van der Waals surface area contributed by atoms with Crippen LogP contribution in [0.3, 0.4) is 0 Å². The molecule has 3 rings (SSSR count). The van der Waals surface area contributed by atoms with Crippen molar-refractivity contribution < 1.29 is 18.0 Å². The van der Waals surface area contributed by atoms with Crippen LogP contribution in [0, 0.1) is 5.92 Å². The number of amides is 2. The number of aromatic nitrogens is 1. The minimum Gasteiger partial charge on any atom is -0.349 e. The number of nitrogens with one attached hydrogen (secondary N) is 2. The van der Waals surface area contributed by atoms with Crippen LogP contribution >= 0.6 is 0 Å². The molecule has 1 aromatic carbocycles. The minimum absolute atomic E-state index is 0.103. The van der Waals surface area contributed by atoms with Gasteiger partial charge in [-0.15, -0.1) is 0 Å². The first-order valence-corrected chi connectivity index (χ1v) is 11.3. The second kappa shape index (κ2) is 9.82. The molecule has 2 atom stereocenters. The van der Waals surface area contributed by atoms with Crippen LogP contribution in [0.5, 0.6) is 0 Å². The fourth-order valence-corrected chi connectivity index (χ4v) is 4.89. The summed E-state index contributed by atoms with van der Waals surface area (Å²) in [6.45, 7) is 2.35. The molecule has 0 saturated carbocycles. The van der Waals surface area contributed by atoms with Gasteiger partial charge in [-0.05, 0) is 44.0 Å². The summed E-state index contributed by atoms with van der Waals surface area (Å²) in [4.78, 5) is 29.3. The molecule has 1 aromatic heterocycles. The maximum Gasteiger partial charge on any atom is 0.243 e. The number of rotatable bonds is 7. The Kier molecular flexibility index (Phi) is 7.17. The molecule has 2 aromatic rings. The van der Waals surface area contributed by atoms with Crippen LogP contribution in [0.15, 0.2) is 59.6 Å². The lowest BCUT2D eigenvalue weighted by molar-refractivity contribution is -0.131. The Morgan fingerprint density at radius 3 is 2.60 bits per heavy atom. The Labute approximate surface area is 176 Å². The van der Waals surface area contributed by atoms with Gasteiger partial charge in [0.25, 0.3) is 0 Å². The summed E-state index contributed by atoms with van der Waals surface area (Å²) < 4.78 is 27.0. The predicted octanol–water partition coefficient (Wildman–Crippen LogP) is 1.30. The zero-order valence-corrected chi connectivity index (χ0v) is 17.6. The Balaban J connectivity index is 1.55. The number of carbonyl (C=O) groups is 2. The Morgan fingerprint density at radius 2 is 1.90 bits per heavy atom. The van der Waals surface area contributed by atoms with Crippen molar-refractivity contribution in [3.05, 3.63) is 60.4 Å². The highest BCUT2D eigenvalue weighted by Crippen LogP contribution is 2.23. The Morgan fingerprint density at radius 1 is 1.17 bits per heavy atom. The molecular weight excluding hydrogens is 404 g/mol. The summed E-state index contributed by atoms with van der Waals surface area (Å²) in [6.07, 6.45) is 2.81. The van der Waals surface area contributed by atoms with Gasteiger partial charge in [-0.2, -0.15) is 4.31 Å². The van der Waals surface area contributed by atoms with Crippen molar-refractivity contribution in [2.75, 3.05) is 13.1 Å². The van der Waals surface area contributed by atoms with E-state index in [1.165, 1.54) is 4.31 Å². The van der Waals surface area contributed by atoms with E-state index < -0.39 is 22.0 Å². The molecule has 1 aliphatic rings. The Bertz CT molecular complexity index is 967. The van der Waals surface area contributed by atoms with E-state index in [1.54, 1.807) is 55.6 Å². The molecule has 9 heteroatoms. The first kappa shape index (κ1) is 21.9. The van der Waals surface area contributed by atoms with Gasteiger partial charge in [-0.3, -0.25) is 14.6 Å². The fraction of sp³-hybridized carbons (Fsp3) is 0.381. The number of benzene rings is 1. The maximum atomic E-state index is 12.8. The van der Waals surface area contributed by atoms with E-state index in [0.29, 0.717) is 19.4 Å². The zero-order valence-electron chi connectivity index (χ0n) is 16.8. The summed E-state index contributed by atoms with van der Waals surface area (Å²) in [5.41, 5.74) is 0.721. The van der Waals surface area contributed by atoms with Gasteiger partial charge in [0.1, 0.15) is 6.04 Å². The highest BCUT2D eigenvalue weighted by atomic mass is 32.2. The zero-order chi connectivity index (χ0) is 21.6. The highest BCUT2D eigenvalue weighted by Gasteiger charge is 2.34. The molecule has 0 bridgehead atoms. The molecule has 0 aliphatic carbocycles. The lowest BCUT2D eigenvalue weighted by atomic mass is 9.98. The first-order chi connectivity index (χ1) is 14.4. The van der Waals surface area contributed by atoms with E-state index in [1.807, 2.05) is 6.07 Å². The lowest BCUT2D eigenvalue weighted by Gasteiger charge is -2.31. The van der Waals surface area contributed by atoms with Gasteiger partial charge in [0.05, 0.1) is 23.1 Å². The summed E-state index contributed by atoms with van der Waals surface area (Å²) in [5.74, 6) is -1.13. The summed E-state index contributed by atoms with van der Waals surface area (Å²) in [7, 11) is -3.65. The molecule has 0 radical (unpaired) electrons. The van der Waals surface area contributed by atoms with Crippen molar-refractivity contribution in [1.82, 2.24) is 19.9 Å². The van der Waals surface area contributed by atoms with E-state index in [-0.39, 0.29) is 29.8 Å². The van der Waals surface area contributed by atoms with Gasteiger partial charge in [0.15, 0.2) is 0 Å². The van der Waals surface area contributed by atoms with Crippen LogP contribution < -0.4 is 10.6 Å². The molecule has 2 amide bonds. The van der Waals surface area contributed by atoms with E-state index in [9.17, 15) is 18.0 Å². The second-order valence-corrected chi connectivity index (χ2v) is 9.22. The quantitative estimate of drug-likeness (QED) is 0.688. The maximum absolute atomic E-state index is 12.8. The van der Waals surface area contributed by atoms with Crippen LogP contribution in [0.4, 0.5) is 0 Å². The molecule has 1 aliphatic heterocycles. The largest absolute Gasteiger partial charge is 0.349 e. The smallest absolute Gasteiger partial charge is 0.243 e. The van der Waals surface area contributed by atoms with E-state index in [4.69, 9.17) is 0 Å². The molecule has 2 heterocycles. The molecule has 160 valence electrons. The fourth-order valence-electron chi connectivity index (χ4n) is 3.35. The molecule has 2 N–H and O–H groups in total. The summed E-state index contributed by atoms with van der Waals surface area (Å²) in [5, 5.41) is 5.44. The lowest BCUT2D eigenvalue weighted by Crippen LogP contribution is -2.50. The van der Waals surface area contributed by atoms with Crippen LogP contribution in [0.25, 0.3) is 0 Å². The normalized spacial score (nSPS) is 18.4. The van der Waals surface area contributed by atoms with E-state index in [2.05, 4.69) is 15.6 Å². The molecule has 2 unspecified atom stereocenters. The number of hydrogen-bond acceptors (Lipinski definition) is 5. The van der Waals surface area contributed by atoms with Gasteiger partial charge in [0, 0.05) is 19.3 Å². The number of hydrogen-bond donors (Lipinski definition) is 2. The monoisotopic (exact) mass is 430 g/mol. The minimum atomic E-state index is -3.65. The topological polar surface area (TPSA) is 108 Å². The van der Waals surface area contributed by atoms with Gasteiger partial charge in [0.2, 0.25) is 21.8 Å². The van der Waals surface area contributed by atoms with Crippen molar-refractivity contribution in [3.63, 3.8) is 0 Å². The standard InChI is InChI=1S/C21H26N4O4S/c1-16(20(26)23-14-18-9-5-6-12-22-18)24-21(27)17-8-7-13-25(15-17)30(28,29)19-10-3-2-4-11-19/h2-6,9-12,16-17H,7-8,13-15H2,1H3,(H,23,26)(H,24,27). The summed E-state index contributed by atoms with van der Waals surface area (Å²) in [6, 6.07) is 12.9. The second-order valence-electron chi connectivity index (χ2n) is 7.28. The van der Waals surface area contributed by atoms with Crippen molar-refractivity contribution in [1.29, 1.82) is 0 Å². The molecule has 1 fully saturated rings. The number of pyridine rings is 1. The Hall–Kier alpha value is -2.78. The number of nitrogens with zero attached hydrogens (tertiary/aromatic N) is 2. The average molecular weight is 431 g/mol.